The minimum atomic E-state index is -4.54. The van der Waals surface area contributed by atoms with Crippen molar-refractivity contribution in [3.8, 4) is 11.3 Å². The second kappa shape index (κ2) is 8.75. The fourth-order valence-electron chi connectivity index (χ4n) is 3.88. The van der Waals surface area contributed by atoms with Crippen molar-refractivity contribution in [2.24, 2.45) is 0 Å². The highest BCUT2D eigenvalue weighted by atomic mass is 19.4. The molecule has 174 valence electrons. The first-order chi connectivity index (χ1) is 16.4. The van der Waals surface area contributed by atoms with Gasteiger partial charge in [-0.2, -0.15) is 18.3 Å². The number of pyridine rings is 1. The summed E-state index contributed by atoms with van der Waals surface area (Å²) < 4.78 is 47.1. The standard InChI is InChI=1S/C23H19F3N6O2/c24-23(25,26)16-4-2-1-3-15(16)17-5-6-21-28-14-20(32(21)30-17)22(33)29-18-13-27-8-7-19(18)31-9-11-34-12-10-31/h1-8,13-14H,9-12H2,(H,29,33). The van der Waals surface area contributed by atoms with Gasteiger partial charge in [-0.05, 0) is 24.3 Å². The van der Waals surface area contributed by atoms with E-state index < -0.39 is 17.6 Å². The maximum absolute atomic E-state index is 13.5. The van der Waals surface area contributed by atoms with Gasteiger partial charge in [-0.3, -0.25) is 9.78 Å². The van der Waals surface area contributed by atoms with Crippen LogP contribution in [0.2, 0.25) is 0 Å². The van der Waals surface area contributed by atoms with E-state index in [0.29, 0.717) is 37.6 Å². The maximum Gasteiger partial charge on any atom is 0.417 e. The molecule has 0 bridgehead atoms. The minimum Gasteiger partial charge on any atom is -0.378 e. The van der Waals surface area contributed by atoms with Crippen molar-refractivity contribution in [2.45, 2.75) is 6.18 Å². The Hall–Kier alpha value is -3.99. The molecule has 0 saturated carbocycles. The fraction of sp³-hybridized carbons (Fsp3) is 0.217. The number of morpholine rings is 1. The maximum atomic E-state index is 13.5. The van der Waals surface area contributed by atoms with Crippen LogP contribution >= 0.6 is 0 Å². The third kappa shape index (κ3) is 4.17. The lowest BCUT2D eigenvalue weighted by Crippen LogP contribution is -2.36. The van der Waals surface area contributed by atoms with Crippen molar-refractivity contribution >= 4 is 22.9 Å². The number of anilines is 2. The normalized spacial score (nSPS) is 14.4. The summed E-state index contributed by atoms with van der Waals surface area (Å²) in [5, 5.41) is 7.14. The van der Waals surface area contributed by atoms with Gasteiger partial charge in [-0.25, -0.2) is 9.50 Å². The summed E-state index contributed by atoms with van der Waals surface area (Å²) in [4.78, 5) is 23.5. The third-order valence-electron chi connectivity index (χ3n) is 5.50. The van der Waals surface area contributed by atoms with E-state index in [9.17, 15) is 18.0 Å². The molecule has 1 aliphatic rings. The second-order valence-corrected chi connectivity index (χ2v) is 7.62. The SMILES string of the molecule is O=C(Nc1cnccc1N1CCOCC1)c1cnc2ccc(-c3ccccc3C(F)(F)F)nn12. The van der Waals surface area contributed by atoms with E-state index in [4.69, 9.17) is 4.74 Å². The molecule has 1 saturated heterocycles. The van der Waals surface area contributed by atoms with Crippen molar-refractivity contribution in [3.05, 3.63) is 72.3 Å². The van der Waals surface area contributed by atoms with Gasteiger partial charge in [-0.1, -0.05) is 18.2 Å². The van der Waals surface area contributed by atoms with Crippen molar-refractivity contribution in [3.63, 3.8) is 0 Å². The number of fused-ring (bicyclic) bond motifs is 1. The lowest BCUT2D eigenvalue weighted by Gasteiger charge is -2.30. The molecule has 0 aliphatic carbocycles. The zero-order chi connectivity index (χ0) is 23.7. The van der Waals surface area contributed by atoms with Crippen LogP contribution in [-0.4, -0.2) is 51.8 Å². The fourth-order valence-corrected chi connectivity index (χ4v) is 3.88. The molecule has 4 aromatic rings. The summed E-state index contributed by atoms with van der Waals surface area (Å²) in [6, 6.07) is 9.95. The van der Waals surface area contributed by atoms with Crippen molar-refractivity contribution < 1.29 is 22.7 Å². The van der Waals surface area contributed by atoms with E-state index in [2.05, 4.69) is 25.3 Å². The molecule has 0 atom stereocenters. The first-order valence-corrected chi connectivity index (χ1v) is 10.5. The summed E-state index contributed by atoms with van der Waals surface area (Å²) in [6.45, 7) is 2.50. The number of aromatic nitrogens is 4. The number of imidazole rings is 1. The molecule has 4 heterocycles. The lowest BCUT2D eigenvalue weighted by atomic mass is 10.0. The van der Waals surface area contributed by atoms with E-state index in [1.165, 1.54) is 41.0 Å². The third-order valence-corrected chi connectivity index (χ3v) is 5.50. The number of nitrogens with zero attached hydrogens (tertiary/aromatic N) is 5. The Morgan fingerprint density at radius 3 is 2.62 bits per heavy atom. The van der Waals surface area contributed by atoms with E-state index >= 15 is 0 Å². The molecule has 34 heavy (non-hydrogen) atoms. The highest BCUT2D eigenvalue weighted by Gasteiger charge is 2.33. The molecular formula is C23H19F3N6O2. The van der Waals surface area contributed by atoms with Crippen LogP contribution in [0.4, 0.5) is 24.5 Å². The highest BCUT2D eigenvalue weighted by molar-refractivity contribution is 6.05. The number of hydrogen-bond acceptors (Lipinski definition) is 6. The number of carbonyl (C=O) groups excluding carboxylic acids is 1. The number of carbonyl (C=O) groups is 1. The van der Waals surface area contributed by atoms with Crippen molar-refractivity contribution in [1.29, 1.82) is 0 Å². The summed E-state index contributed by atoms with van der Waals surface area (Å²) in [5.41, 5.74) is 0.896. The molecule has 1 fully saturated rings. The molecule has 5 rings (SSSR count). The first kappa shape index (κ1) is 21.8. The van der Waals surface area contributed by atoms with Crippen LogP contribution in [0, 0.1) is 0 Å². The van der Waals surface area contributed by atoms with Gasteiger partial charge >= 0.3 is 6.18 Å². The molecule has 0 unspecified atom stereocenters. The van der Waals surface area contributed by atoms with Gasteiger partial charge in [0, 0.05) is 24.8 Å². The molecule has 0 radical (unpaired) electrons. The zero-order valence-electron chi connectivity index (χ0n) is 17.8. The Bertz CT molecular complexity index is 1350. The van der Waals surface area contributed by atoms with Crippen LogP contribution in [0.25, 0.3) is 16.9 Å². The predicted octanol–water partition coefficient (Wildman–Crippen LogP) is 3.90. The van der Waals surface area contributed by atoms with Crippen LogP contribution in [0.1, 0.15) is 16.1 Å². The smallest absolute Gasteiger partial charge is 0.378 e. The quantitative estimate of drug-likeness (QED) is 0.489. The van der Waals surface area contributed by atoms with Gasteiger partial charge in [0.1, 0.15) is 0 Å². The number of rotatable bonds is 4. The van der Waals surface area contributed by atoms with Crippen LogP contribution in [0.5, 0.6) is 0 Å². The number of ether oxygens (including phenoxy) is 1. The molecule has 11 heteroatoms. The number of halogens is 3. The van der Waals surface area contributed by atoms with Gasteiger partial charge in [-0.15, -0.1) is 0 Å². The zero-order valence-corrected chi connectivity index (χ0v) is 17.8. The van der Waals surface area contributed by atoms with E-state index in [1.807, 2.05) is 0 Å². The average molecular weight is 468 g/mol. The van der Waals surface area contributed by atoms with Gasteiger partial charge in [0.2, 0.25) is 0 Å². The summed E-state index contributed by atoms with van der Waals surface area (Å²) >= 11 is 0. The molecule has 8 nitrogen and oxygen atoms in total. The summed E-state index contributed by atoms with van der Waals surface area (Å²) in [5.74, 6) is -0.510. The predicted molar refractivity (Wildman–Crippen MR) is 119 cm³/mol. The largest absolute Gasteiger partial charge is 0.417 e. The lowest BCUT2D eigenvalue weighted by molar-refractivity contribution is -0.137. The number of alkyl halides is 3. The Morgan fingerprint density at radius 1 is 1.03 bits per heavy atom. The summed E-state index contributed by atoms with van der Waals surface area (Å²) in [7, 11) is 0. The second-order valence-electron chi connectivity index (χ2n) is 7.62. The Labute approximate surface area is 192 Å². The van der Waals surface area contributed by atoms with Crippen LogP contribution in [0.15, 0.2) is 61.1 Å². The molecule has 1 aromatic carbocycles. The minimum absolute atomic E-state index is 0.0721. The van der Waals surface area contributed by atoms with Crippen molar-refractivity contribution in [2.75, 3.05) is 36.5 Å². The number of hydrogen-bond donors (Lipinski definition) is 1. The van der Waals surface area contributed by atoms with E-state index in [1.54, 1.807) is 18.5 Å². The van der Waals surface area contributed by atoms with Gasteiger partial charge in [0.05, 0.1) is 48.2 Å². The molecular weight excluding hydrogens is 449 g/mol. The highest BCUT2D eigenvalue weighted by Crippen LogP contribution is 2.36. The number of nitrogens with one attached hydrogen (secondary N) is 1. The van der Waals surface area contributed by atoms with E-state index in [-0.39, 0.29) is 17.0 Å². The molecule has 0 spiro atoms. The summed E-state index contributed by atoms with van der Waals surface area (Å²) in [6.07, 6.45) is -0.0224. The van der Waals surface area contributed by atoms with Gasteiger partial charge in [0.15, 0.2) is 11.3 Å². The van der Waals surface area contributed by atoms with Crippen LogP contribution in [-0.2, 0) is 10.9 Å². The monoisotopic (exact) mass is 468 g/mol. The van der Waals surface area contributed by atoms with Gasteiger partial charge < -0.3 is 15.0 Å². The molecule has 3 aromatic heterocycles. The first-order valence-electron chi connectivity index (χ1n) is 10.5. The van der Waals surface area contributed by atoms with Gasteiger partial charge in [0.25, 0.3) is 5.91 Å². The Kier molecular flexibility index (Phi) is 5.62. The number of amides is 1. The van der Waals surface area contributed by atoms with Crippen LogP contribution < -0.4 is 10.2 Å². The molecule has 1 aliphatic heterocycles. The topological polar surface area (TPSA) is 84.7 Å². The van der Waals surface area contributed by atoms with Crippen LogP contribution in [0.3, 0.4) is 0 Å². The number of benzene rings is 1. The van der Waals surface area contributed by atoms with Crippen molar-refractivity contribution in [1.82, 2.24) is 19.6 Å². The Morgan fingerprint density at radius 2 is 1.82 bits per heavy atom. The van der Waals surface area contributed by atoms with E-state index in [0.717, 1.165) is 11.8 Å². The Balaban J connectivity index is 1.49. The molecule has 1 amide bonds. The average Bonchev–Trinajstić information content (AvgIpc) is 3.28. The molecule has 1 N–H and O–H groups in total.